The molecule has 1 aromatic heterocycles. The molecular weight excluding hydrogens is 241 g/mol. The molecule has 0 spiro atoms. The van der Waals surface area contributed by atoms with Gasteiger partial charge in [0.25, 0.3) is 0 Å². The molecule has 2 aromatic rings. The molecule has 0 aliphatic carbocycles. The number of benzene rings is 1. The summed E-state index contributed by atoms with van der Waals surface area (Å²) in [5.74, 6) is 1.20. The van der Waals surface area contributed by atoms with Crippen molar-refractivity contribution in [2.45, 2.75) is 13.8 Å². The fourth-order valence-electron chi connectivity index (χ4n) is 1.49. The number of aryl methyl sites for hydroxylation is 2. The minimum atomic E-state index is -0.444. The zero-order valence-electron chi connectivity index (χ0n) is 9.50. The van der Waals surface area contributed by atoms with Crippen molar-refractivity contribution in [1.29, 1.82) is 0 Å². The number of nitrogens with zero attached hydrogens (tertiary/aromatic N) is 1. The average molecular weight is 252 g/mol. The predicted molar refractivity (Wildman–Crippen MR) is 66.8 cm³/mol. The Hall–Kier alpha value is -1.61. The summed E-state index contributed by atoms with van der Waals surface area (Å²) in [6.07, 6.45) is 1.68. The Kier molecular flexibility index (Phi) is 3.29. The van der Waals surface area contributed by atoms with E-state index in [1.54, 1.807) is 12.3 Å². The first-order valence-electron chi connectivity index (χ1n) is 5.12. The Morgan fingerprint density at radius 3 is 2.65 bits per heavy atom. The molecule has 0 radical (unpaired) electrons. The summed E-state index contributed by atoms with van der Waals surface area (Å²) in [6, 6.07) is 6.24. The van der Waals surface area contributed by atoms with Gasteiger partial charge in [0.1, 0.15) is 17.3 Å². The Balaban J connectivity index is 2.26. The van der Waals surface area contributed by atoms with E-state index in [1.165, 1.54) is 12.1 Å². The largest absolute Gasteiger partial charge is 0.466 e. The van der Waals surface area contributed by atoms with Crippen molar-refractivity contribution in [3.05, 3.63) is 52.2 Å². The minimum Gasteiger partial charge on any atom is -0.466 e. The van der Waals surface area contributed by atoms with Crippen molar-refractivity contribution in [2.24, 2.45) is 4.99 Å². The first-order valence-corrected chi connectivity index (χ1v) is 5.50. The second-order valence-corrected chi connectivity index (χ2v) is 4.13. The molecule has 0 unspecified atom stereocenters. The lowest BCUT2D eigenvalue weighted by Crippen LogP contribution is -1.80. The van der Waals surface area contributed by atoms with Gasteiger partial charge in [0, 0.05) is 11.8 Å². The maximum Gasteiger partial charge on any atom is 0.141 e. The third-order valence-electron chi connectivity index (χ3n) is 2.34. The van der Waals surface area contributed by atoms with Gasteiger partial charge in [0.05, 0.1) is 10.7 Å². The number of aliphatic imine (C=N–C) groups is 1. The second-order valence-electron chi connectivity index (χ2n) is 3.73. The van der Waals surface area contributed by atoms with Crippen LogP contribution in [0.5, 0.6) is 0 Å². The van der Waals surface area contributed by atoms with E-state index in [9.17, 15) is 4.39 Å². The van der Waals surface area contributed by atoms with Crippen molar-refractivity contribution in [3.8, 4) is 0 Å². The highest BCUT2D eigenvalue weighted by Crippen LogP contribution is 2.22. The van der Waals surface area contributed by atoms with Crippen molar-refractivity contribution >= 4 is 23.5 Å². The lowest BCUT2D eigenvalue weighted by Gasteiger charge is -1.96. The second kappa shape index (κ2) is 4.72. The predicted octanol–water partition coefficient (Wildman–Crippen LogP) is 4.44. The molecule has 1 heterocycles. The Morgan fingerprint density at radius 1 is 1.29 bits per heavy atom. The lowest BCUT2D eigenvalue weighted by molar-refractivity contribution is 0.504. The van der Waals surface area contributed by atoms with Crippen LogP contribution in [-0.2, 0) is 0 Å². The maximum absolute atomic E-state index is 12.9. The SMILES string of the molecule is Cc1cc(C=Nc2ccc(F)c(Cl)c2)c(C)o1. The molecule has 0 amide bonds. The van der Waals surface area contributed by atoms with Gasteiger partial charge >= 0.3 is 0 Å². The summed E-state index contributed by atoms with van der Waals surface area (Å²) in [5, 5.41) is 0.0692. The first kappa shape index (κ1) is 11.9. The number of halogens is 2. The van der Waals surface area contributed by atoms with E-state index < -0.39 is 5.82 Å². The molecule has 0 aliphatic rings. The molecule has 0 saturated carbocycles. The standard InChI is InChI=1S/C13H11ClFNO/c1-8-5-10(9(2)17-8)7-16-11-3-4-13(15)12(14)6-11/h3-7H,1-2H3. The summed E-state index contributed by atoms with van der Waals surface area (Å²) in [6.45, 7) is 3.74. The third-order valence-corrected chi connectivity index (χ3v) is 2.62. The molecule has 4 heteroatoms. The summed E-state index contributed by atoms with van der Waals surface area (Å²) in [4.78, 5) is 4.22. The summed E-state index contributed by atoms with van der Waals surface area (Å²) >= 11 is 5.66. The van der Waals surface area contributed by atoms with Crippen LogP contribution >= 0.6 is 11.6 Å². The average Bonchev–Trinajstić information content (AvgIpc) is 2.59. The smallest absolute Gasteiger partial charge is 0.141 e. The van der Waals surface area contributed by atoms with Gasteiger partial charge in [-0.15, -0.1) is 0 Å². The Morgan fingerprint density at radius 2 is 2.06 bits per heavy atom. The Labute approximate surface area is 104 Å². The zero-order chi connectivity index (χ0) is 12.4. The van der Waals surface area contributed by atoms with Gasteiger partial charge in [-0.25, -0.2) is 4.39 Å². The van der Waals surface area contributed by atoms with E-state index in [0.717, 1.165) is 17.1 Å². The zero-order valence-corrected chi connectivity index (χ0v) is 10.3. The highest BCUT2D eigenvalue weighted by molar-refractivity contribution is 6.31. The van der Waals surface area contributed by atoms with Crippen molar-refractivity contribution < 1.29 is 8.81 Å². The molecule has 2 nitrogen and oxygen atoms in total. The van der Waals surface area contributed by atoms with Crippen LogP contribution in [0, 0.1) is 19.7 Å². The molecule has 1 aromatic carbocycles. The van der Waals surface area contributed by atoms with E-state index in [0.29, 0.717) is 5.69 Å². The topological polar surface area (TPSA) is 25.5 Å². The first-order chi connectivity index (χ1) is 8.06. The number of rotatable bonds is 2. The van der Waals surface area contributed by atoms with Crippen LogP contribution in [0.2, 0.25) is 5.02 Å². The van der Waals surface area contributed by atoms with Crippen LogP contribution in [-0.4, -0.2) is 6.21 Å². The fraction of sp³-hybridized carbons (Fsp3) is 0.154. The molecule has 88 valence electrons. The lowest BCUT2D eigenvalue weighted by atomic mass is 10.2. The van der Waals surface area contributed by atoms with Crippen LogP contribution in [0.15, 0.2) is 33.7 Å². The van der Waals surface area contributed by atoms with Crippen LogP contribution in [0.3, 0.4) is 0 Å². The highest BCUT2D eigenvalue weighted by atomic mass is 35.5. The van der Waals surface area contributed by atoms with E-state index >= 15 is 0 Å². The molecule has 0 N–H and O–H groups in total. The van der Waals surface area contributed by atoms with Gasteiger partial charge in [0.2, 0.25) is 0 Å². The van der Waals surface area contributed by atoms with Gasteiger partial charge < -0.3 is 4.42 Å². The number of hydrogen-bond acceptors (Lipinski definition) is 2. The van der Waals surface area contributed by atoms with Crippen LogP contribution in [0.25, 0.3) is 0 Å². The molecule has 0 saturated heterocycles. The quantitative estimate of drug-likeness (QED) is 0.725. The van der Waals surface area contributed by atoms with Crippen LogP contribution in [0.1, 0.15) is 17.1 Å². The van der Waals surface area contributed by atoms with E-state index in [1.807, 2.05) is 19.9 Å². The highest BCUT2D eigenvalue weighted by Gasteiger charge is 2.02. The molecule has 0 bridgehead atoms. The molecule has 17 heavy (non-hydrogen) atoms. The molecule has 0 aliphatic heterocycles. The van der Waals surface area contributed by atoms with Crippen molar-refractivity contribution in [2.75, 3.05) is 0 Å². The molecule has 0 fully saturated rings. The molecular formula is C13H11ClFNO. The van der Waals surface area contributed by atoms with E-state index in [2.05, 4.69) is 4.99 Å². The van der Waals surface area contributed by atoms with Gasteiger partial charge in [-0.2, -0.15) is 0 Å². The van der Waals surface area contributed by atoms with Gasteiger partial charge in [0.15, 0.2) is 0 Å². The minimum absolute atomic E-state index is 0.0692. The van der Waals surface area contributed by atoms with Crippen LogP contribution in [0.4, 0.5) is 10.1 Å². The van der Waals surface area contributed by atoms with Crippen molar-refractivity contribution in [3.63, 3.8) is 0 Å². The summed E-state index contributed by atoms with van der Waals surface area (Å²) < 4.78 is 18.3. The van der Waals surface area contributed by atoms with Gasteiger partial charge in [-0.05, 0) is 38.1 Å². The summed E-state index contributed by atoms with van der Waals surface area (Å²) in [5.41, 5.74) is 1.51. The number of furan rings is 1. The van der Waals surface area contributed by atoms with Gasteiger partial charge in [-0.1, -0.05) is 11.6 Å². The van der Waals surface area contributed by atoms with Crippen LogP contribution < -0.4 is 0 Å². The Bertz CT molecular complexity index is 575. The third kappa shape index (κ3) is 2.74. The van der Waals surface area contributed by atoms with Gasteiger partial charge in [-0.3, -0.25) is 4.99 Å². The fourth-order valence-corrected chi connectivity index (χ4v) is 1.66. The van der Waals surface area contributed by atoms with E-state index in [-0.39, 0.29) is 5.02 Å². The van der Waals surface area contributed by atoms with E-state index in [4.69, 9.17) is 16.0 Å². The molecule has 0 atom stereocenters. The summed E-state index contributed by atoms with van der Waals surface area (Å²) in [7, 11) is 0. The van der Waals surface area contributed by atoms with Crippen molar-refractivity contribution in [1.82, 2.24) is 0 Å². The number of hydrogen-bond donors (Lipinski definition) is 0. The molecule has 2 rings (SSSR count). The monoisotopic (exact) mass is 251 g/mol. The maximum atomic E-state index is 12.9. The normalized spacial score (nSPS) is 11.3.